The summed E-state index contributed by atoms with van der Waals surface area (Å²) >= 11 is 0. The van der Waals surface area contributed by atoms with Crippen molar-refractivity contribution in [3.8, 4) is 0 Å². The Morgan fingerprint density at radius 3 is 1.14 bits per heavy atom. The highest BCUT2D eigenvalue weighted by molar-refractivity contribution is 6.35. The maximum absolute atomic E-state index is 5.50. The van der Waals surface area contributed by atoms with E-state index in [0.717, 1.165) is 50.8 Å². The zero-order valence-corrected chi connectivity index (χ0v) is 31.3. The Kier molecular flexibility index (Phi) is 6.38. The van der Waals surface area contributed by atoms with Crippen LogP contribution >= 0.6 is 0 Å². The van der Waals surface area contributed by atoms with E-state index in [9.17, 15) is 0 Å². The van der Waals surface area contributed by atoms with E-state index in [-0.39, 0.29) is 0 Å². The second-order valence-electron chi connectivity index (χ2n) is 15.2. The lowest BCUT2D eigenvalue weighted by molar-refractivity contribution is 1.23. The highest BCUT2D eigenvalue weighted by Gasteiger charge is 2.28. The third-order valence-corrected chi connectivity index (χ3v) is 12.1. The first-order valence-electron chi connectivity index (χ1n) is 19.8. The summed E-state index contributed by atoms with van der Waals surface area (Å²) < 4.78 is 4.92. The number of anilines is 6. The molecule has 0 aliphatic carbocycles. The van der Waals surface area contributed by atoms with Crippen LogP contribution < -0.4 is 9.80 Å². The van der Waals surface area contributed by atoms with Crippen molar-refractivity contribution in [1.29, 1.82) is 0 Å². The van der Waals surface area contributed by atoms with Crippen molar-refractivity contribution in [2.75, 3.05) is 9.80 Å². The lowest BCUT2D eigenvalue weighted by Gasteiger charge is -2.26. The molecule has 270 valence electrons. The van der Waals surface area contributed by atoms with Crippen LogP contribution in [0.25, 0.3) is 76.3 Å². The molecule has 5 aromatic heterocycles. The van der Waals surface area contributed by atoms with Crippen LogP contribution in [0.4, 0.5) is 34.1 Å². The number of fused-ring (bicyclic) bond motifs is 13. The van der Waals surface area contributed by atoms with Crippen LogP contribution in [0, 0.1) is 0 Å². The Morgan fingerprint density at radius 2 is 0.672 bits per heavy atom. The van der Waals surface area contributed by atoms with Crippen molar-refractivity contribution in [2.45, 2.75) is 0 Å². The smallest absolute Gasteiger partial charge is 0.146 e. The van der Waals surface area contributed by atoms with Crippen LogP contribution in [0.2, 0.25) is 0 Å². The van der Waals surface area contributed by atoms with Crippen molar-refractivity contribution in [3.05, 3.63) is 200 Å². The number of hydrogen-bond acceptors (Lipinski definition) is 3. The van der Waals surface area contributed by atoms with Crippen LogP contribution in [0.15, 0.2) is 200 Å². The SMILES string of the molecule is c1ccc(N(c2ccccc2)c2cccc3c4cccc5c6c7c8cccc9c%10cccc(N(c%11ccccc%11)c%11ccccc%11)c%10n(c7ncc6n(c23)c45)c98)cc1. The molecule has 58 heavy (non-hydrogen) atoms. The summed E-state index contributed by atoms with van der Waals surface area (Å²) in [6.07, 6.45) is 2.12. The zero-order chi connectivity index (χ0) is 37.9. The molecule has 0 spiro atoms. The zero-order valence-electron chi connectivity index (χ0n) is 31.3. The molecule has 0 bridgehead atoms. The van der Waals surface area contributed by atoms with Gasteiger partial charge in [0.2, 0.25) is 0 Å². The molecule has 8 aromatic carbocycles. The van der Waals surface area contributed by atoms with Gasteiger partial charge in [0, 0.05) is 65.8 Å². The molecule has 0 atom stereocenters. The number of aromatic nitrogens is 3. The third kappa shape index (κ3) is 4.11. The fraction of sp³-hybridized carbons (Fsp3) is 0. The van der Waals surface area contributed by atoms with Crippen LogP contribution in [-0.4, -0.2) is 13.8 Å². The van der Waals surface area contributed by atoms with E-state index in [1.165, 1.54) is 59.6 Å². The fourth-order valence-electron chi connectivity index (χ4n) is 9.93. The van der Waals surface area contributed by atoms with Gasteiger partial charge in [0.05, 0.1) is 45.2 Å². The maximum Gasteiger partial charge on any atom is 0.146 e. The van der Waals surface area contributed by atoms with Crippen LogP contribution in [0.3, 0.4) is 0 Å². The molecule has 5 heteroatoms. The predicted molar refractivity (Wildman–Crippen MR) is 243 cm³/mol. The second kappa shape index (κ2) is 11.8. The molecule has 0 fully saturated rings. The molecule has 0 unspecified atom stereocenters. The summed E-state index contributed by atoms with van der Waals surface area (Å²) in [6.45, 7) is 0. The summed E-state index contributed by atoms with van der Waals surface area (Å²) in [5, 5.41) is 9.78. The minimum atomic E-state index is 0.968. The number of benzene rings is 8. The van der Waals surface area contributed by atoms with E-state index in [0.29, 0.717) is 0 Å². The Balaban J connectivity index is 1.17. The number of nitrogens with zero attached hydrogens (tertiary/aromatic N) is 5. The molecule has 13 rings (SSSR count). The summed E-state index contributed by atoms with van der Waals surface area (Å²) in [6, 6.07) is 69.8. The highest BCUT2D eigenvalue weighted by atomic mass is 15.2. The van der Waals surface area contributed by atoms with Crippen molar-refractivity contribution in [1.82, 2.24) is 13.8 Å². The average Bonchev–Trinajstić information content (AvgIpc) is 4.02. The molecule has 0 saturated heterocycles. The van der Waals surface area contributed by atoms with Gasteiger partial charge in [0.15, 0.2) is 0 Å². The van der Waals surface area contributed by atoms with Gasteiger partial charge in [-0.1, -0.05) is 133 Å². The number of hydrogen-bond donors (Lipinski definition) is 0. The highest BCUT2D eigenvalue weighted by Crippen LogP contribution is 2.50. The van der Waals surface area contributed by atoms with E-state index in [2.05, 4.69) is 219 Å². The summed E-state index contributed by atoms with van der Waals surface area (Å²) in [5.41, 5.74) is 13.5. The van der Waals surface area contributed by atoms with Crippen LogP contribution in [-0.2, 0) is 0 Å². The molecule has 0 saturated carbocycles. The maximum atomic E-state index is 5.50. The van der Waals surface area contributed by atoms with Gasteiger partial charge >= 0.3 is 0 Å². The number of para-hydroxylation sites is 8. The molecule has 0 N–H and O–H groups in total. The first-order chi connectivity index (χ1) is 28.8. The fourth-order valence-corrected chi connectivity index (χ4v) is 9.93. The van der Waals surface area contributed by atoms with Crippen LogP contribution in [0.1, 0.15) is 0 Å². The molecule has 0 aliphatic rings. The monoisotopic (exact) mass is 739 g/mol. The average molecular weight is 740 g/mol. The molecule has 13 aromatic rings. The van der Waals surface area contributed by atoms with E-state index in [1.807, 2.05) is 0 Å². The molecular weight excluding hydrogens is 707 g/mol. The van der Waals surface area contributed by atoms with Gasteiger partial charge < -0.3 is 14.2 Å². The van der Waals surface area contributed by atoms with Gasteiger partial charge in [0.1, 0.15) is 5.65 Å². The first kappa shape index (κ1) is 31.3. The van der Waals surface area contributed by atoms with Gasteiger partial charge in [-0.15, -0.1) is 0 Å². The van der Waals surface area contributed by atoms with E-state index >= 15 is 0 Å². The summed E-state index contributed by atoms with van der Waals surface area (Å²) in [5.74, 6) is 0. The number of pyridine rings is 1. The van der Waals surface area contributed by atoms with E-state index in [1.54, 1.807) is 0 Å². The van der Waals surface area contributed by atoms with Gasteiger partial charge in [-0.2, -0.15) is 0 Å². The second-order valence-corrected chi connectivity index (χ2v) is 15.2. The van der Waals surface area contributed by atoms with Gasteiger partial charge in [-0.25, -0.2) is 4.98 Å². The molecule has 0 radical (unpaired) electrons. The van der Waals surface area contributed by atoms with Crippen molar-refractivity contribution >= 4 is 110 Å². The molecule has 0 aliphatic heterocycles. The largest absolute Gasteiger partial charge is 0.308 e. The van der Waals surface area contributed by atoms with Crippen molar-refractivity contribution in [2.24, 2.45) is 0 Å². The van der Waals surface area contributed by atoms with Crippen molar-refractivity contribution < 1.29 is 0 Å². The molecule has 0 amide bonds. The first-order valence-corrected chi connectivity index (χ1v) is 19.8. The minimum absolute atomic E-state index is 0.968. The minimum Gasteiger partial charge on any atom is -0.308 e. The van der Waals surface area contributed by atoms with E-state index < -0.39 is 0 Å². The summed E-state index contributed by atoms with van der Waals surface area (Å²) in [4.78, 5) is 10.3. The van der Waals surface area contributed by atoms with Crippen molar-refractivity contribution in [3.63, 3.8) is 0 Å². The molecule has 5 nitrogen and oxygen atoms in total. The third-order valence-electron chi connectivity index (χ3n) is 12.1. The quantitative estimate of drug-likeness (QED) is 0.170. The normalized spacial score (nSPS) is 12.1. The topological polar surface area (TPSA) is 28.2 Å². The Bertz CT molecular complexity index is 3340. The molecule has 5 heterocycles. The van der Waals surface area contributed by atoms with Gasteiger partial charge in [-0.05, 0) is 60.7 Å². The van der Waals surface area contributed by atoms with Gasteiger partial charge in [0.25, 0.3) is 0 Å². The Labute approximate surface area is 333 Å². The lowest BCUT2D eigenvalue weighted by atomic mass is 10.0. The van der Waals surface area contributed by atoms with Crippen LogP contribution in [0.5, 0.6) is 0 Å². The molecular formula is C53H33N5. The lowest BCUT2D eigenvalue weighted by Crippen LogP contribution is -2.10. The van der Waals surface area contributed by atoms with Gasteiger partial charge in [-0.3, -0.25) is 4.40 Å². The Hall–Kier alpha value is -7.89. The Morgan fingerprint density at radius 1 is 0.310 bits per heavy atom. The summed E-state index contributed by atoms with van der Waals surface area (Å²) in [7, 11) is 0. The van der Waals surface area contributed by atoms with E-state index in [4.69, 9.17) is 4.98 Å². The standard InChI is InChI=1S/C53H33N5/c1-5-17-34(18-6-1)55(35-19-7-2-8-20-35)44-31-15-27-40-38-25-13-29-42-47-46(57(49(38)42)51(40)44)33-54-53-48(47)43-30-14-26-39-41-28-16-32-45(52(41)58(53)50(39)43)56(36-21-9-3-10-22-36)37-23-11-4-12-24-37/h1-33H. The predicted octanol–water partition coefficient (Wildman–Crippen LogP) is 14.3. The number of rotatable bonds is 6.